The molecular weight excluding hydrogens is 256 g/mol. The fraction of sp³-hybridized carbons (Fsp3) is 0.579. The van der Waals surface area contributed by atoms with Crippen molar-refractivity contribution in [2.75, 3.05) is 0 Å². The van der Waals surface area contributed by atoms with Crippen LogP contribution in [0.3, 0.4) is 0 Å². The van der Waals surface area contributed by atoms with Crippen molar-refractivity contribution in [3.63, 3.8) is 0 Å². The number of nitrogens with one attached hydrogen (secondary N) is 1. The van der Waals surface area contributed by atoms with E-state index in [9.17, 15) is 0 Å². The lowest BCUT2D eigenvalue weighted by Gasteiger charge is -2.10. The summed E-state index contributed by atoms with van der Waals surface area (Å²) in [5.41, 5.74) is 2.76. The number of fused-ring (bicyclic) bond motifs is 1. The lowest BCUT2D eigenvalue weighted by molar-refractivity contribution is 0.576. The quantitative estimate of drug-likeness (QED) is 0.634. The summed E-state index contributed by atoms with van der Waals surface area (Å²) in [5, 5.41) is 4.85. The molecule has 0 saturated carbocycles. The maximum absolute atomic E-state index is 3.50. The molecule has 0 aliphatic heterocycles. The van der Waals surface area contributed by atoms with Gasteiger partial charge in [0.25, 0.3) is 0 Å². The number of unbranched alkanes of at least 4 members (excludes halogenated alkanes) is 4. The number of nitrogens with zero attached hydrogens (tertiary/aromatic N) is 1. The van der Waals surface area contributed by atoms with Crippen LogP contribution >= 0.6 is 0 Å². The van der Waals surface area contributed by atoms with Gasteiger partial charge in [0.2, 0.25) is 0 Å². The molecule has 0 amide bonds. The number of benzene rings is 1. The largest absolute Gasteiger partial charge is 0.347 e. The first-order chi connectivity index (χ1) is 10.2. The third-order valence-corrected chi connectivity index (χ3v) is 4.06. The average Bonchev–Trinajstić information content (AvgIpc) is 2.87. The molecule has 0 fully saturated rings. The maximum Gasteiger partial charge on any atom is 0.0483 e. The summed E-state index contributed by atoms with van der Waals surface area (Å²) in [7, 11) is 0. The molecule has 0 bridgehead atoms. The van der Waals surface area contributed by atoms with E-state index in [2.05, 4.69) is 61.1 Å². The van der Waals surface area contributed by atoms with Crippen molar-refractivity contribution in [1.82, 2.24) is 9.88 Å². The summed E-state index contributed by atoms with van der Waals surface area (Å²) < 4.78 is 2.42. The molecule has 1 heterocycles. The Morgan fingerprint density at radius 1 is 1.05 bits per heavy atom. The zero-order chi connectivity index (χ0) is 15.1. The van der Waals surface area contributed by atoms with Gasteiger partial charge in [-0.15, -0.1) is 0 Å². The molecule has 0 radical (unpaired) electrons. The molecule has 1 N–H and O–H groups in total. The number of rotatable bonds is 9. The van der Waals surface area contributed by atoms with E-state index in [1.165, 1.54) is 48.6 Å². The van der Waals surface area contributed by atoms with Crippen molar-refractivity contribution in [2.24, 2.45) is 0 Å². The van der Waals surface area contributed by atoms with Crippen LogP contribution in [0.15, 0.2) is 30.5 Å². The van der Waals surface area contributed by atoms with Gasteiger partial charge in [-0.3, -0.25) is 0 Å². The number of aryl methyl sites for hydroxylation is 1. The van der Waals surface area contributed by atoms with Crippen LogP contribution in [0, 0.1) is 0 Å². The Balaban J connectivity index is 1.97. The minimum absolute atomic E-state index is 0.533. The molecule has 2 rings (SSSR count). The molecule has 116 valence electrons. The molecule has 1 aromatic heterocycles. The lowest BCUT2D eigenvalue weighted by atomic mass is 10.1. The third-order valence-electron chi connectivity index (χ3n) is 4.06. The molecule has 21 heavy (non-hydrogen) atoms. The van der Waals surface area contributed by atoms with Crippen LogP contribution in [0.5, 0.6) is 0 Å². The maximum atomic E-state index is 3.50. The van der Waals surface area contributed by atoms with E-state index in [1.807, 2.05) is 0 Å². The highest BCUT2D eigenvalue weighted by Gasteiger charge is 2.03. The summed E-state index contributed by atoms with van der Waals surface area (Å²) in [6.07, 6.45) is 8.94. The SMILES string of the molecule is CCCCCCCn1ccc2ccc(CNC(C)C)cc21. The average molecular weight is 286 g/mol. The highest BCUT2D eigenvalue weighted by atomic mass is 14.9. The zero-order valence-corrected chi connectivity index (χ0v) is 13.9. The summed E-state index contributed by atoms with van der Waals surface area (Å²) in [4.78, 5) is 0. The third kappa shape index (κ3) is 4.89. The second-order valence-electron chi connectivity index (χ2n) is 6.35. The topological polar surface area (TPSA) is 17.0 Å². The van der Waals surface area contributed by atoms with Crippen LogP contribution in [0.4, 0.5) is 0 Å². The smallest absolute Gasteiger partial charge is 0.0483 e. The normalized spacial score (nSPS) is 11.6. The van der Waals surface area contributed by atoms with Gasteiger partial charge in [-0.1, -0.05) is 58.6 Å². The van der Waals surface area contributed by atoms with Gasteiger partial charge in [0.05, 0.1) is 0 Å². The predicted molar refractivity (Wildman–Crippen MR) is 92.7 cm³/mol. The second kappa shape index (κ2) is 8.23. The fourth-order valence-corrected chi connectivity index (χ4v) is 2.74. The van der Waals surface area contributed by atoms with Crippen LogP contribution < -0.4 is 5.32 Å². The Hall–Kier alpha value is -1.28. The van der Waals surface area contributed by atoms with E-state index in [4.69, 9.17) is 0 Å². The first kappa shape index (κ1) is 16.1. The zero-order valence-electron chi connectivity index (χ0n) is 13.9. The van der Waals surface area contributed by atoms with E-state index in [-0.39, 0.29) is 0 Å². The van der Waals surface area contributed by atoms with Gasteiger partial charge < -0.3 is 9.88 Å². The van der Waals surface area contributed by atoms with Crippen LogP contribution in [0.2, 0.25) is 0 Å². The van der Waals surface area contributed by atoms with Crippen molar-refractivity contribution in [3.05, 3.63) is 36.0 Å². The minimum atomic E-state index is 0.533. The van der Waals surface area contributed by atoms with Gasteiger partial charge >= 0.3 is 0 Å². The number of hydrogen-bond acceptors (Lipinski definition) is 1. The van der Waals surface area contributed by atoms with Crippen LogP contribution in [0.25, 0.3) is 10.9 Å². The van der Waals surface area contributed by atoms with Gasteiger partial charge in [-0.25, -0.2) is 0 Å². The van der Waals surface area contributed by atoms with E-state index in [1.54, 1.807) is 0 Å². The Morgan fingerprint density at radius 2 is 1.86 bits per heavy atom. The molecule has 0 unspecified atom stereocenters. The highest BCUT2D eigenvalue weighted by molar-refractivity contribution is 5.80. The van der Waals surface area contributed by atoms with Crippen molar-refractivity contribution < 1.29 is 0 Å². The van der Waals surface area contributed by atoms with E-state index in [0.717, 1.165) is 13.1 Å². The van der Waals surface area contributed by atoms with Gasteiger partial charge in [-0.05, 0) is 29.5 Å². The van der Waals surface area contributed by atoms with Crippen molar-refractivity contribution in [1.29, 1.82) is 0 Å². The molecule has 2 nitrogen and oxygen atoms in total. The van der Waals surface area contributed by atoms with Gasteiger partial charge in [-0.2, -0.15) is 0 Å². The molecule has 0 aliphatic rings. The molecule has 2 aromatic rings. The Bertz CT molecular complexity index is 539. The van der Waals surface area contributed by atoms with E-state index >= 15 is 0 Å². The van der Waals surface area contributed by atoms with Gasteiger partial charge in [0.15, 0.2) is 0 Å². The standard InChI is InChI=1S/C19H30N2/c1-4-5-6-7-8-12-21-13-11-18-10-9-17(14-19(18)21)15-20-16(2)3/h9-11,13-14,16,20H,4-8,12,15H2,1-3H3. The highest BCUT2D eigenvalue weighted by Crippen LogP contribution is 2.19. The summed E-state index contributed by atoms with van der Waals surface area (Å²) in [5.74, 6) is 0. The van der Waals surface area contributed by atoms with Crippen molar-refractivity contribution in [3.8, 4) is 0 Å². The summed E-state index contributed by atoms with van der Waals surface area (Å²) in [6, 6.07) is 9.60. The van der Waals surface area contributed by atoms with Crippen LogP contribution in [-0.4, -0.2) is 10.6 Å². The van der Waals surface area contributed by atoms with Gasteiger partial charge in [0, 0.05) is 30.8 Å². The van der Waals surface area contributed by atoms with Gasteiger partial charge in [0.1, 0.15) is 0 Å². The summed E-state index contributed by atoms with van der Waals surface area (Å²) >= 11 is 0. The molecule has 2 heteroatoms. The number of aromatic nitrogens is 1. The van der Waals surface area contributed by atoms with E-state index < -0.39 is 0 Å². The number of hydrogen-bond donors (Lipinski definition) is 1. The fourth-order valence-electron chi connectivity index (χ4n) is 2.74. The minimum Gasteiger partial charge on any atom is -0.347 e. The van der Waals surface area contributed by atoms with Crippen molar-refractivity contribution in [2.45, 2.75) is 72.0 Å². The summed E-state index contributed by atoms with van der Waals surface area (Å²) in [6.45, 7) is 8.75. The second-order valence-corrected chi connectivity index (χ2v) is 6.35. The first-order valence-electron chi connectivity index (χ1n) is 8.52. The lowest BCUT2D eigenvalue weighted by Crippen LogP contribution is -2.21. The monoisotopic (exact) mass is 286 g/mol. The molecule has 0 aliphatic carbocycles. The predicted octanol–water partition coefficient (Wildman–Crippen LogP) is 5.11. The van der Waals surface area contributed by atoms with Crippen LogP contribution in [0.1, 0.15) is 58.4 Å². The molecular formula is C19H30N2. The van der Waals surface area contributed by atoms with E-state index in [0.29, 0.717) is 6.04 Å². The Labute approximate surface area is 129 Å². The van der Waals surface area contributed by atoms with Crippen LogP contribution in [-0.2, 0) is 13.1 Å². The molecule has 1 aromatic carbocycles. The Kier molecular flexibility index (Phi) is 6.31. The molecule has 0 saturated heterocycles. The van der Waals surface area contributed by atoms with Crippen molar-refractivity contribution >= 4 is 10.9 Å². The Morgan fingerprint density at radius 3 is 2.62 bits per heavy atom. The molecule has 0 spiro atoms. The first-order valence-corrected chi connectivity index (χ1v) is 8.52. The molecule has 0 atom stereocenters.